The summed E-state index contributed by atoms with van der Waals surface area (Å²) >= 11 is 1.18. The number of rotatable bonds is 3. The van der Waals surface area contributed by atoms with E-state index in [4.69, 9.17) is 5.73 Å². The molecule has 0 bridgehead atoms. The van der Waals surface area contributed by atoms with E-state index in [0.29, 0.717) is 5.69 Å². The van der Waals surface area contributed by atoms with Gasteiger partial charge in [0.2, 0.25) is 0 Å². The molecule has 0 amide bonds. The van der Waals surface area contributed by atoms with Crippen LogP contribution in [0.1, 0.15) is 11.1 Å². The van der Waals surface area contributed by atoms with E-state index in [-0.39, 0.29) is 10.8 Å². The van der Waals surface area contributed by atoms with Crippen LogP contribution >= 0.6 is 11.3 Å². The van der Waals surface area contributed by atoms with Crippen LogP contribution in [-0.2, 0) is 10.0 Å². The first kappa shape index (κ1) is 14.6. The van der Waals surface area contributed by atoms with Gasteiger partial charge in [0.15, 0.2) is 0 Å². The molecule has 2 aromatic rings. The molecule has 0 fully saturated rings. The van der Waals surface area contributed by atoms with E-state index >= 15 is 0 Å². The largest absolute Gasteiger partial charge is 0.320 e. The molecule has 1 heterocycles. The molecule has 0 spiro atoms. The van der Waals surface area contributed by atoms with Gasteiger partial charge in [0.1, 0.15) is 4.21 Å². The van der Waals surface area contributed by atoms with Crippen molar-refractivity contribution in [2.45, 2.75) is 11.1 Å². The summed E-state index contributed by atoms with van der Waals surface area (Å²) in [7, 11) is -3.52. The third-order valence-electron chi connectivity index (χ3n) is 2.57. The van der Waals surface area contributed by atoms with E-state index in [2.05, 4.69) is 16.6 Å². The first-order valence-corrected chi connectivity index (χ1v) is 8.25. The molecule has 0 radical (unpaired) electrons. The maximum absolute atomic E-state index is 12.1. The quantitative estimate of drug-likeness (QED) is 0.854. The van der Waals surface area contributed by atoms with Crippen molar-refractivity contribution in [3.05, 3.63) is 46.8 Å². The van der Waals surface area contributed by atoms with Gasteiger partial charge in [-0.15, -0.1) is 11.3 Å². The summed E-state index contributed by atoms with van der Waals surface area (Å²) in [5.74, 6) is 5.69. The Morgan fingerprint density at radius 3 is 2.80 bits per heavy atom. The lowest BCUT2D eigenvalue weighted by atomic mass is 10.1. The Morgan fingerprint density at radius 2 is 2.15 bits per heavy atom. The SMILES string of the molecule is Cc1ccc(NS(=O)(=O)c2cccs2)cc1C#CCN. The van der Waals surface area contributed by atoms with Gasteiger partial charge >= 0.3 is 0 Å². The lowest BCUT2D eigenvalue weighted by molar-refractivity contribution is 0.603. The Bertz CT molecular complexity index is 754. The molecule has 20 heavy (non-hydrogen) atoms. The predicted molar refractivity (Wildman–Crippen MR) is 82.2 cm³/mol. The van der Waals surface area contributed by atoms with Crippen molar-refractivity contribution in [3.8, 4) is 11.8 Å². The lowest BCUT2D eigenvalue weighted by Crippen LogP contribution is -2.11. The molecule has 1 aromatic heterocycles. The minimum Gasteiger partial charge on any atom is -0.320 e. The molecular formula is C14H14N2O2S2. The maximum Gasteiger partial charge on any atom is 0.271 e. The molecule has 0 saturated carbocycles. The highest BCUT2D eigenvalue weighted by atomic mass is 32.2. The van der Waals surface area contributed by atoms with Crippen LogP contribution in [0.5, 0.6) is 0 Å². The number of nitrogens with one attached hydrogen (secondary N) is 1. The lowest BCUT2D eigenvalue weighted by Gasteiger charge is -2.08. The average molecular weight is 306 g/mol. The van der Waals surface area contributed by atoms with Crippen molar-refractivity contribution in [2.75, 3.05) is 11.3 Å². The highest BCUT2D eigenvalue weighted by Gasteiger charge is 2.15. The fourth-order valence-electron chi connectivity index (χ4n) is 1.59. The fraction of sp³-hybridized carbons (Fsp3) is 0.143. The fourth-order valence-corrected chi connectivity index (χ4v) is 3.63. The number of nitrogens with two attached hydrogens (primary N) is 1. The Morgan fingerprint density at radius 1 is 1.35 bits per heavy atom. The molecule has 0 aliphatic carbocycles. The number of sulfonamides is 1. The summed E-state index contributed by atoms with van der Waals surface area (Å²) in [6.07, 6.45) is 0. The average Bonchev–Trinajstić information content (AvgIpc) is 2.94. The molecular weight excluding hydrogens is 292 g/mol. The number of hydrogen-bond acceptors (Lipinski definition) is 4. The standard InChI is InChI=1S/C14H14N2O2S2/c1-11-6-7-13(10-12(11)4-2-8-15)16-20(17,18)14-5-3-9-19-14/h3,5-7,9-10,16H,8,15H2,1H3. The van der Waals surface area contributed by atoms with Gasteiger partial charge in [0, 0.05) is 5.56 Å². The molecule has 0 atom stereocenters. The number of hydrogen-bond donors (Lipinski definition) is 2. The Kier molecular flexibility index (Phi) is 4.45. The molecule has 2 rings (SSSR count). The van der Waals surface area contributed by atoms with Crippen LogP contribution in [-0.4, -0.2) is 15.0 Å². The van der Waals surface area contributed by atoms with Crippen LogP contribution in [0.3, 0.4) is 0 Å². The Hall–Kier alpha value is -1.81. The van der Waals surface area contributed by atoms with Crippen molar-refractivity contribution in [1.29, 1.82) is 0 Å². The number of anilines is 1. The van der Waals surface area contributed by atoms with Gasteiger partial charge in [-0.3, -0.25) is 4.72 Å². The van der Waals surface area contributed by atoms with Crippen LogP contribution in [0.15, 0.2) is 39.9 Å². The van der Waals surface area contributed by atoms with Crippen molar-refractivity contribution >= 4 is 27.0 Å². The highest BCUT2D eigenvalue weighted by molar-refractivity contribution is 7.94. The molecule has 6 heteroatoms. The van der Waals surface area contributed by atoms with E-state index in [1.165, 1.54) is 11.3 Å². The second-order valence-corrected chi connectivity index (χ2v) is 6.93. The van der Waals surface area contributed by atoms with Gasteiger partial charge in [0.25, 0.3) is 10.0 Å². The topological polar surface area (TPSA) is 72.2 Å². The Balaban J connectivity index is 2.31. The van der Waals surface area contributed by atoms with Crippen LogP contribution in [0.25, 0.3) is 0 Å². The van der Waals surface area contributed by atoms with Gasteiger partial charge in [-0.1, -0.05) is 24.0 Å². The minimum absolute atomic E-state index is 0.268. The van der Waals surface area contributed by atoms with Crippen LogP contribution in [0.4, 0.5) is 5.69 Å². The smallest absolute Gasteiger partial charge is 0.271 e. The first-order valence-electron chi connectivity index (χ1n) is 5.89. The Labute approximate surface area is 122 Å². The van der Waals surface area contributed by atoms with E-state index in [1.54, 1.807) is 29.6 Å². The molecule has 0 saturated heterocycles. The van der Waals surface area contributed by atoms with Crippen LogP contribution < -0.4 is 10.5 Å². The van der Waals surface area contributed by atoms with E-state index < -0.39 is 10.0 Å². The van der Waals surface area contributed by atoms with Crippen LogP contribution in [0, 0.1) is 18.8 Å². The molecule has 104 valence electrons. The minimum atomic E-state index is -3.52. The van der Waals surface area contributed by atoms with E-state index in [0.717, 1.165) is 11.1 Å². The number of thiophene rings is 1. The maximum atomic E-state index is 12.1. The van der Waals surface area contributed by atoms with Crippen LogP contribution in [0.2, 0.25) is 0 Å². The summed E-state index contributed by atoms with van der Waals surface area (Å²) in [6, 6.07) is 8.52. The summed E-state index contributed by atoms with van der Waals surface area (Å²) in [5, 5.41) is 1.72. The first-order chi connectivity index (χ1) is 9.53. The zero-order valence-corrected chi connectivity index (χ0v) is 12.5. The van der Waals surface area contributed by atoms with E-state index in [1.807, 2.05) is 13.0 Å². The molecule has 3 N–H and O–H groups in total. The zero-order chi connectivity index (χ0) is 14.6. The van der Waals surface area contributed by atoms with Gasteiger partial charge in [0.05, 0.1) is 12.2 Å². The third kappa shape index (κ3) is 3.39. The summed E-state index contributed by atoms with van der Waals surface area (Å²) in [6.45, 7) is 2.18. The predicted octanol–water partition coefficient (Wildman–Crippen LogP) is 2.17. The number of aryl methyl sites for hydroxylation is 1. The summed E-state index contributed by atoms with van der Waals surface area (Å²) in [5.41, 5.74) is 7.58. The summed E-state index contributed by atoms with van der Waals surface area (Å²) < 4.78 is 27.1. The highest BCUT2D eigenvalue weighted by Crippen LogP contribution is 2.21. The van der Waals surface area contributed by atoms with Crippen molar-refractivity contribution in [3.63, 3.8) is 0 Å². The van der Waals surface area contributed by atoms with Gasteiger partial charge in [-0.25, -0.2) is 8.42 Å². The second kappa shape index (κ2) is 6.09. The van der Waals surface area contributed by atoms with Gasteiger partial charge in [-0.05, 0) is 36.1 Å². The normalized spacial score (nSPS) is 10.7. The van der Waals surface area contributed by atoms with Crippen molar-refractivity contribution in [1.82, 2.24) is 0 Å². The number of benzene rings is 1. The zero-order valence-electron chi connectivity index (χ0n) is 10.9. The molecule has 4 nitrogen and oxygen atoms in total. The van der Waals surface area contributed by atoms with E-state index in [9.17, 15) is 8.42 Å². The van der Waals surface area contributed by atoms with Crippen molar-refractivity contribution < 1.29 is 8.42 Å². The molecule has 0 unspecified atom stereocenters. The second-order valence-electron chi connectivity index (χ2n) is 4.07. The molecule has 0 aliphatic heterocycles. The molecule has 0 aliphatic rings. The van der Waals surface area contributed by atoms with Gasteiger partial charge < -0.3 is 5.73 Å². The molecule has 1 aromatic carbocycles. The third-order valence-corrected chi connectivity index (χ3v) is 5.35. The monoisotopic (exact) mass is 306 g/mol. The van der Waals surface area contributed by atoms with Crippen molar-refractivity contribution in [2.24, 2.45) is 5.73 Å². The summed E-state index contributed by atoms with van der Waals surface area (Å²) in [4.78, 5) is 0. The van der Waals surface area contributed by atoms with Gasteiger partial charge in [-0.2, -0.15) is 0 Å².